The smallest absolute Gasteiger partial charge is 0.243 e. The normalized spacial score (nSPS) is 8.67. The van der Waals surface area contributed by atoms with Crippen LogP contribution in [-0.2, 0) is 7.05 Å². The van der Waals surface area contributed by atoms with Gasteiger partial charge in [-0.2, -0.15) is 0 Å². The molecular formula is C9H14BNO. The molecule has 3 heteroatoms. The van der Waals surface area contributed by atoms with Gasteiger partial charge in [-0.15, -0.1) is 0 Å². The number of pyridine rings is 1. The summed E-state index contributed by atoms with van der Waals surface area (Å²) in [6.45, 7) is 5.82. The first kappa shape index (κ1) is 11.0. The first-order chi connectivity index (χ1) is 5.63. The fourth-order valence-electron chi connectivity index (χ4n) is 0.740. The molecule has 0 aliphatic carbocycles. The van der Waals surface area contributed by atoms with E-state index in [0.29, 0.717) is 5.46 Å². The van der Waals surface area contributed by atoms with Crippen molar-refractivity contribution in [2.24, 2.45) is 7.05 Å². The van der Waals surface area contributed by atoms with Gasteiger partial charge in [-0.3, -0.25) is 4.79 Å². The van der Waals surface area contributed by atoms with Gasteiger partial charge in [0.05, 0.1) is 0 Å². The fourth-order valence-corrected chi connectivity index (χ4v) is 0.740. The minimum atomic E-state index is -0.125. The highest BCUT2D eigenvalue weighted by Gasteiger charge is 1.96. The minimum absolute atomic E-state index is 0.125. The zero-order valence-electron chi connectivity index (χ0n) is 8.09. The summed E-state index contributed by atoms with van der Waals surface area (Å²) in [5.74, 6) is 0. The Morgan fingerprint density at radius 3 is 2.33 bits per heavy atom. The second-order valence-corrected chi connectivity index (χ2v) is 2.33. The molecule has 0 aliphatic heterocycles. The van der Waals surface area contributed by atoms with Crippen molar-refractivity contribution in [2.45, 2.75) is 20.8 Å². The molecule has 0 atom stereocenters. The Balaban J connectivity index is 0.000000561. The monoisotopic (exact) mass is 163 g/mol. The summed E-state index contributed by atoms with van der Waals surface area (Å²) in [6, 6.07) is 1.82. The van der Waals surface area contributed by atoms with E-state index in [1.54, 1.807) is 13.2 Å². The second-order valence-electron chi connectivity index (χ2n) is 2.33. The lowest BCUT2D eigenvalue weighted by atomic mass is 9.93. The predicted molar refractivity (Wildman–Crippen MR) is 53.2 cm³/mol. The maximum absolute atomic E-state index is 11.0. The molecule has 0 unspecified atom stereocenters. The van der Waals surface area contributed by atoms with Gasteiger partial charge < -0.3 is 4.57 Å². The number of rotatable bonds is 0. The van der Waals surface area contributed by atoms with Crippen molar-refractivity contribution in [1.82, 2.24) is 4.57 Å². The molecule has 1 aromatic heterocycles. The Kier molecular flexibility index (Phi) is 4.41. The van der Waals surface area contributed by atoms with Gasteiger partial charge in [0.25, 0.3) is 0 Å². The van der Waals surface area contributed by atoms with E-state index < -0.39 is 0 Å². The lowest BCUT2D eigenvalue weighted by Gasteiger charge is -2.00. The summed E-state index contributed by atoms with van der Waals surface area (Å²) in [5, 5.41) is 0. The number of hydrogen-bond acceptors (Lipinski definition) is 1. The summed E-state index contributed by atoms with van der Waals surface area (Å²) in [6.07, 6.45) is 1.70. The molecule has 2 radical (unpaired) electrons. The van der Waals surface area contributed by atoms with Crippen molar-refractivity contribution in [3.8, 4) is 0 Å². The zero-order chi connectivity index (χ0) is 9.72. The first-order valence-electron chi connectivity index (χ1n) is 4.04. The molecule has 0 fully saturated rings. The average molecular weight is 163 g/mol. The molecule has 0 saturated carbocycles. The maximum Gasteiger partial charge on any atom is 0.243 e. The summed E-state index contributed by atoms with van der Waals surface area (Å²) in [4.78, 5) is 11.0. The third-order valence-corrected chi connectivity index (χ3v) is 1.52. The lowest BCUT2D eigenvalue weighted by Crippen LogP contribution is -2.34. The molecule has 64 valence electrons. The van der Waals surface area contributed by atoms with Gasteiger partial charge in [0, 0.05) is 13.2 Å². The van der Waals surface area contributed by atoms with E-state index in [2.05, 4.69) is 0 Å². The van der Waals surface area contributed by atoms with E-state index in [0.717, 1.165) is 5.56 Å². The second kappa shape index (κ2) is 4.80. The molecule has 2 nitrogen and oxygen atoms in total. The molecule has 12 heavy (non-hydrogen) atoms. The summed E-state index contributed by atoms with van der Waals surface area (Å²) in [5.41, 5.74) is 1.05. The molecular weight excluding hydrogens is 149 g/mol. The van der Waals surface area contributed by atoms with Gasteiger partial charge in [-0.25, -0.2) is 0 Å². The van der Waals surface area contributed by atoms with Crippen molar-refractivity contribution in [2.75, 3.05) is 0 Å². The van der Waals surface area contributed by atoms with Crippen molar-refractivity contribution in [3.63, 3.8) is 0 Å². The SMILES string of the molecule is CC.[B]c1c(C)ccn(C)c1=O. The molecule has 1 heterocycles. The van der Waals surface area contributed by atoms with Crippen LogP contribution in [0.25, 0.3) is 0 Å². The topological polar surface area (TPSA) is 22.0 Å². The molecule has 0 aliphatic rings. The van der Waals surface area contributed by atoms with Crippen molar-refractivity contribution in [1.29, 1.82) is 0 Å². The minimum Gasteiger partial charge on any atom is -0.319 e. The van der Waals surface area contributed by atoms with Crippen molar-refractivity contribution >= 4 is 13.3 Å². The Bertz CT molecular complexity index is 304. The summed E-state index contributed by atoms with van der Waals surface area (Å²) in [7, 11) is 7.13. The van der Waals surface area contributed by atoms with Crippen LogP contribution < -0.4 is 11.0 Å². The molecule has 0 amide bonds. The van der Waals surface area contributed by atoms with Crippen LogP contribution in [0, 0.1) is 6.92 Å². The number of aromatic nitrogens is 1. The van der Waals surface area contributed by atoms with Crippen molar-refractivity contribution in [3.05, 3.63) is 28.2 Å². The highest BCUT2D eigenvalue weighted by atomic mass is 16.1. The van der Waals surface area contributed by atoms with Gasteiger partial charge in [0.1, 0.15) is 7.85 Å². The van der Waals surface area contributed by atoms with E-state index in [4.69, 9.17) is 7.85 Å². The molecule has 0 aromatic carbocycles. The zero-order valence-corrected chi connectivity index (χ0v) is 8.09. The van der Waals surface area contributed by atoms with E-state index in [9.17, 15) is 4.79 Å². The average Bonchev–Trinajstić information content (AvgIpc) is 2.12. The largest absolute Gasteiger partial charge is 0.319 e. The molecule has 0 saturated heterocycles. The molecule has 0 bridgehead atoms. The van der Waals surface area contributed by atoms with Crippen LogP contribution in [0.3, 0.4) is 0 Å². The van der Waals surface area contributed by atoms with Gasteiger partial charge in [0.15, 0.2) is 0 Å². The van der Waals surface area contributed by atoms with E-state index >= 15 is 0 Å². The van der Waals surface area contributed by atoms with Gasteiger partial charge in [0.2, 0.25) is 5.56 Å². The molecule has 0 N–H and O–H groups in total. The number of nitrogens with zero attached hydrogens (tertiary/aromatic N) is 1. The van der Waals surface area contributed by atoms with Crippen LogP contribution in [0.15, 0.2) is 17.1 Å². The highest BCUT2D eigenvalue weighted by molar-refractivity contribution is 6.32. The van der Waals surface area contributed by atoms with E-state index in [1.807, 2.05) is 26.8 Å². The van der Waals surface area contributed by atoms with Gasteiger partial charge in [-0.1, -0.05) is 19.4 Å². The standard InChI is InChI=1S/C7H8BNO.C2H6/c1-5-3-4-9(2)7(10)6(5)8;1-2/h3-4H,1-2H3;1-2H3. The van der Waals surface area contributed by atoms with Gasteiger partial charge >= 0.3 is 0 Å². The number of aryl methyl sites for hydroxylation is 2. The van der Waals surface area contributed by atoms with E-state index in [-0.39, 0.29) is 5.56 Å². The van der Waals surface area contributed by atoms with E-state index in [1.165, 1.54) is 4.57 Å². The van der Waals surface area contributed by atoms with Crippen LogP contribution >= 0.6 is 0 Å². The third kappa shape index (κ3) is 2.26. The van der Waals surface area contributed by atoms with Gasteiger partial charge in [-0.05, 0) is 18.5 Å². The highest BCUT2D eigenvalue weighted by Crippen LogP contribution is 1.84. The van der Waals surface area contributed by atoms with Crippen LogP contribution in [0.2, 0.25) is 0 Å². The van der Waals surface area contributed by atoms with Crippen LogP contribution in [0.1, 0.15) is 19.4 Å². The maximum atomic E-state index is 11.0. The van der Waals surface area contributed by atoms with Crippen LogP contribution in [0.4, 0.5) is 0 Å². The van der Waals surface area contributed by atoms with Crippen molar-refractivity contribution < 1.29 is 0 Å². The summed E-state index contributed by atoms with van der Waals surface area (Å²) >= 11 is 0. The first-order valence-corrected chi connectivity index (χ1v) is 4.04. The predicted octanol–water partition coefficient (Wildman–Crippen LogP) is 0.514. The third-order valence-electron chi connectivity index (χ3n) is 1.52. The Morgan fingerprint density at radius 2 is 1.92 bits per heavy atom. The quantitative estimate of drug-likeness (QED) is 0.511. The summed E-state index contributed by atoms with van der Waals surface area (Å²) < 4.78 is 1.46. The van der Waals surface area contributed by atoms with Crippen LogP contribution in [-0.4, -0.2) is 12.4 Å². The van der Waals surface area contributed by atoms with Crippen LogP contribution in [0.5, 0.6) is 0 Å². The Hall–Kier alpha value is -0.985. The lowest BCUT2D eigenvalue weighted by molar-refractivity contribution is 0.865. The molecule has 1 rings (SSSR count). The Morgan fingerprint density at radius 1 is 1.42 bits per heavy atom. The molecule has 0 spiro atoms. The fraction of sp³-hybridized carbons (Fsp3) is 0.444. The Labute approximate surface area is 74.6 Å². The molecule has 1 aromatic rings. The number of hydrogen-bond donors (Lipinski definition) is 0.